The number of benzene rings is 1. The number of ether oxygens (including phenoxy) is 1. The van der Waals surface area contributed by atoms with Gasteiger partial charge < -0.3 is 15.2 Å². The molecule has 0 radical (unpaired) electrons. The molecular weight excluding hydrogens is 330 g/mol. The lowest BCUT2D eigenvalue weighted by molar-refractivity contribution is -0.138. The average Bonchev–Trinajstić information content (AvgIpc) is 2.91. The minimum Gasteiger partial charge on any atom is -0.497 e. The van der Waals surface area contributed by atoms with E-state index in [1.807, 2.05) is 24.3 Å². The number of fused-ring (bicyclic) bond motifs is 1. The fraction of sp³-hybridized carbons (Fsp3) is 0.312. The highest BCUT2D eigenvalue weighted by Crippen LogP contribution is 2.29. The summed E-state index contributed by atoms with van der Waals surface area (Å²) in [5, 5.41) is 15.3. The van der Waals surface area contributed by atoms with Gasteiger partial charge in [0.1, 0.15) is 11.0 Å². The van der Waals surface area contributed by atoms with Crippen LogP contribution in [-0.2, 0) is 16.0 Å². The molecule has 1 aromatic carbocycles. The summed E-state index contributed by atoms with van der Waals surface area (Å²) in [6.07, 6.45) is 3.67. The first kappa shape index (κ1) is 16.4. The van der Waals surface area contributed by atoms with E-state index in [-0.39, 0.29) is 12.3 Å². The van der Waals surface area contributed by atoms with Crippen LogP contribution >= 0.6 is 11.8 Å². The van der Waals surface area contributed by atoms with Gasteiger partial charge in [-0.25, -0.2) is 0 Å². The van der Waals surface area contributed by atoms with E-state index in [1.165, 1.54) is 5.56 Å². The van der Waals surface area contributed by atoms with Gasteiger partial charge in [0.25, 0.3) is 0 Å². The quantitative estimate of drug-likeness (QED) is 0.699. The molecule has 1 aliphatic heterocycles. The normalized spacial score (nSPS) is 21.0. The lowest BCUT2D eigenvalue weighted by Crippen LogP contribution is -2.27. The molecule has 0 bridgehead atoms. The van der Waals surface area contributed by atoms with Gasteiger partial charge in [-0.3, -0.25) is 15.0 Å². The fourth-order valence-corrected chi connectivity index (χ4v) is 3.52. The third-order valence-electron chi connectivity index (χ3n) is 3.78. The number of carboxylic acid groups (broad SMARTS) is 1. The molecule has 1 heterocycles. The number of rotatable bonds is 5. The van der Waals surface area contributed by atoms with Gasteiger partial charge in [-0.2, -0.15) is 0 Å². The van der Waals surface area contributed by atoms with Crippen molar-refractivity contribution in [1.29, 1.82) is 0 Å². The molecule has 1 fully saturated rings. The minimum atomic E-state index is -1.01. The molecule has 0 aromatic heterocycles. The number of aryl methyl sites for hydroxylation is 1. The summed E-state index contributed by atoms with van der Waals surface area (Å²) in [5.41, 5.74) is 6.04. The molecule has 8 heteroatoms. The van der Waals surface area contributed by atoms with Gasteiger partial charge in [-0.1, -0.05) is 23.9 Å². The van der Waals surface area contributed by atoms with Crippen LogP contribution in [0.15, 0.2) is 29.4 Å². The molecule has 3 N–H and O–H groups in total. The summed E-state index contributed by atoms with van der Waals surface area (Å²) < 4.78 is 5.26. The standard InChI is InChI=1S/C16H17N3O4S/c1-23-10-6-5-9-3-2-4-12(11(9)7-10)18-19-16-17-15(22)13(24-16)8-14(20)21/h4-7,13,18H,2-3,8H2,1H3,(H,20,21)(H,17,19,22). The van der Waals surface area contributed by atoms with E-state index >= 15 is 0 Å². The number of carbonyl (C=O) groups excluding carboxylic acids is 1. The molecule has 3 rings (SSSR count). The van der Waals surface area contributed by atoms with Gasteiger partial charge in [0.05, 0.1) is 19.2 Å². The zero-order chi connectivity index (χ0) is 17.1. The molecular formula is C16H17N3O4S. The highest BCUT2D eigenvalue weighted by Gasteiger charge is 2.32. The Balaban J connectivity index is 1.73. The first-order valence-electron chi connectivity index (χ1n) is 7.47. The Kier molecular flexibility index (Phi) is 4.75. The summed E-state index contributed by atoms with van der Waals surface area (Å²) in [4.78, 5) is 22.5. The van der Waals surface area contributed by atoms with Crippen molar-refractivity contribution in [2.24, 2.45) is 5.10 Å². The van der Waals surface area contributed by atoms with Crippen LogP contribution in [0.1, 0.15) is 24.0 Å². The van der Waals surface area contributed by atoms with Crippen LogP contribution in [0.4, 0.5) is 0 Å². The molecule has 24 heavy (non-hydrogen) atoms. The van der Waals surface area contributed by atoms with E-state index < -0.39 is 11.2 Å². The summed E-state index contributed by atoms with van der Waals surface area (Å²) in [6, 6.07) is 5.91. The molecule has 2 aliphatic rings. The molecule has 7 nitrogen and oxygen atoms in total. The average molecular weight is 347 g/mol. The number of carbonyl (C=O) groups is 2. The predicted octanol–water partition coefficient (Wildman–Crippen LogP) is 1.55. The number of nitrogens with one attached hydrogen (secondary N) is 2. The maximum absolute atomic E-state index is 11.7. The first-order valence-corrected chi connectivity index (χ1v) is 8.35. The van der Waals surface area contributed by atoms with Crippen LogP contribution in [-0.4, -0.2) is 34.5 Å². The topological polar surface area (TPSA) is 100 Å². The molecule has 1 atom stereocenters. The number of methoxy groups -OCH3 is 1. The van der Waals surface area contributed by atoms with Gasteiger partial charge in [0.2, 0.25) is 5.91 Å². The van der Waals surface area contributed by atoms with Crippen LogP contribution in [0, 0.1) is 0 Å². The Morgan fingerprint density at radius 3 is 3.12 bits per heavy atom. The molecule has 1 amide bonds. The molecule has 1 aromatic rings. The summed E-state index contributed by atoms with van der Waals surface area (Å²) >= 11 is 1.12. The summed E-state index contributed by atoms with van der Waals surface area (Å²) in [7, 11) is 1.62. The second-order valence-corrected chi connectivity index (χ2v) is 6.59. The van der Waals surface area contributed by atoms with Crippen LogP contribution in [0.5, 0.6) is 5.75 Å². The van der Waals surface area contributed by atoms with Crippen LogP contribution in [0.2, 0.25) is 0 Å². The van der Waals surface area contributed by atoms with Crippen molar-refractivity contribution < 1.29 is 19.4 Å². The monoisotopic (exact) mass is 347 g/mol. The van der Waals surface area contributed by atoms with E-state index in [9.17, 15) is 9.59 Å². The SMILES string of the molecule is COc1ccc2c(c1)C(N/N=C1\NC(=O)C(CC(=O)O)S1)=CCC2. The number of hydrazone groups is 1. The Morgan fingerprint density at radius 1 is 1.54 bits per heavy atom. The Bertz CT molecular complexity index is 745. The Hall–Kier alpha value is -2.48. The van der Waals surface area contributed by atoms with Crippen molar-refractivity contribution in [1.82, 2.24) is 10.7 Å². The number of allylic oxidation sites excluding steroid dienone is 1. The number of hydrogen-bond acceptors (Lipinski definition) is 6. The maximum Gasteiger partial charge on any atom is 0.305 e. The Labute approximate surface area is 143 Å². The lowest BCUT2D eigenvalue weighted by atomic mass is 9.95. The van der Waals surface area contributed by atoms with E-state index in [2.05, 4.69) is 15.8 Å². The maximum atomic E-state index is 11.7. The van der Waals surface area contributed by atoms with Crippen LogP contribution in [0.25, 0.3) is 5.70 Å². The predicted molar refractivity (Wildman–Crippen MR) is 91.6 cm³/mol. The second-order valence-electron chi connectivity index (χ2n) is 5.40. The second kappa shape index (κ2) is 6.96. The number of aliphatic carboxylic acids is 1. The number of nitrogens with zero attached hydrogens (tertiary/aromatic N) is 1. The summed E-state index contributed by atoms with van der Waals surface area (Å²) in [5.74, 6) is -0.573. The van der Waals surface area contributed by atoms with E-state index in [1.54, 1.807) is 7.11 Å². The van der Waals surface area contributed by atoms with Gasteiger partial charge >= 0.3 is 5.97 Å². The molecule has 0 spiro atoms. The van der Waals surface area contributed by atoms with Crippen molar-refractivity contribution in [2.75, 3.05) is 7.11 Å². The fourth-order valence-electron chi connectivity index (χ4n) is 2.60. The number of hydrogen-bond donors (Lipinski definition) is 3. The zero-order valence-corrected chi connectivity index (χ0v) is 13.9. The van der Waals surface area contributed by atoms with Crippen molar-refractivity contribution >= 4 is 34.5 Å². The Morgan fingerprint density at radius 2 is 2.38 bits per heavy atom. The van der Waals surface area contributed by atoms with Gasteiger partial charge in [-0.05, 0) is 30.5 Å². The molecule has 0 saturated carbocycles. The van der Waals surface area contributed by atoms with Crippen molar-refractivity contribution in [3.05, 3.63) is 35.4 Å². The largest absolute Gasteiger partial charge is 0.497 e. The molecule has 1 saturated heterocycles. The summed E-state index contributed by atoms with van der Waals surface area (Å²) in [6.45, 7) is 0. The van der Waals surface area contributed by atoms with Crippen molar-refractivity contribution in [3.63, 3.8) is 0 Å². The van der Waals surface area contributed by atoms with E-state index in [0.29, 0.717) is 5.17 Å². The van der Waals surface area contributed by atoms with Crippen molar-refractivity contribution in [2.45, 2.75) is 24.5 Å². The third kappa shape index (κ3) is 3.53. The number of amides is 1. The smallest absolute Gasteiger partial charge is 0.305 e. The zero-order valence-electron chi connectivity index (χ0n) is 13.0. The van der Waals surface area contributed by atoms with Gasteiger partial charge in [0.15, 0.2) is 5.17 Å². The molecule has 126 valence electrons. The number of thioether (sulfide) groups is 1. The van der Waals surface area contributed by atoms with E-state index in [0.717, 1.165) is 41.6 Å². The van der Waals surface area contributed by atoms with E-state index in [4.69, 9.17) is 9.84 Å². The minimum absolute atomic E-state index is 0.224. The lowest BCUT2D eigenvalue weighted by Gasteiger charge is -2.18. The van der Waals surface area contributed by atoms with Crippen molar-refractivity contribution in [3.8, 4) is 5.75 Å². The first-order chi connectivity index (χ1) is 11.6. The number of amidine groups is 1. The highest BCUT2D eigenvalue weighted by atomic mass is 32.2. The number of carboxylic acids is 1. The third-order valence-corrected chi connectivity index (χ3v) is 4.87. The molecule has 1 unspecified atom stereocenters. The van der Waals surface area contributed by atoms with Gasteiger partial charge in [-0.15, -0.1) is 5.10 Å². The molecule has 1 aliphatic carbocycles. The van der Waals surface area contributed by atoms with Crippen LogP contribution < -0.4 is 15.5 Å². The highest BCUT2D eigenvalue weighted by molar-refractivity contribution is 8.15. The van der Waals surface area contributed by atoms with Crippen LogP contribution in [0.3, 0.4) is 0 Å². The van der Waals surface area contributed by atoms with Gasteiger partial charge in [0, 0.05) is 5.56 Å².